The highest BCUT2D eigenvalue weighted by Gasteiger charge is 2.38. The second kappa shape index (κ2) is 6.58. The number of carbonyl (C=O) groups excluding carboxylic acids is 1. The second-order valence-electron chi connectivity index (χ2n) is 6.61. The Morgan fingerprint density at radius 3 is 2.62 bits per heavy atom. The minimum absolute atomic E-state index is 0.108. The van der Waals surface area contributed by atoms with E-state index >= 15 is 0 Å². The molecule has 0 bridgehead atoms. The lowest BCUT2D eigenvalue weighted by Crippen LogP contribution is -2.48. The van der Waals surface area contributed by atoms with E-state index in [1.165, 1.54) is 0 Å². The lowest BCUT2D eigenvalue weighted by Gasteiger charge is -2.41. The van der Waals surface area contributed by atoms with Crippen molar-refractivity contribution < 1.29 is 14.3 Å². The summed E-state index contributed by atoms with van der Waals surface area (Å²) in [6.07, 6.45) is 0.619. The van der Waals surface area contributed by atoms with E-state index in [-0.39, 0.29) is 23.6 Å². The van der Waals surface area contributed by atoms with Crippen LogP contribution in [0.25, 0.3) is 0 Å². The molecule has 116 valence electrons. The van der Waals surface area contributed by atoms with Crippen LogP contribution in [0.4, 0.5) is 0 Å². The molecule has 1 aromatic rings. The molecule has 2 atom stereocenters. The van der Waals surface area contributed by atoms with E-state index in [1.807, 2.05) is 46.1 Å². The average Bonchev–Trinajstić information content (AvgIpc) is 2.42. The highest BCUT2D eigenvalue weighted by atomic mass is 16.6. The maximum Gasteiger partial charge on any atom is 0.338 e. The van der Waals surface area contributed by atoms with E-state index in [1.54, 1.807) is 12.1 Å². The van der Waals surface area contributed by atoms with Gasteiger partial charge in [-0.2, -0.15) is 0 Å². The fraction of sp³-hybridized carbons (Fsp3) is 0.588. The van der Waals surface area contributed by atoms with Crippen molar-refractivity contribution in [3.05, 3.63) is 35.9 Å². The monoisotopic (exact) mass is 291 g/mol. The molecule has 21 heavy (non-hydrogen) atoms. The first-order valence-corrected chi connectivity index (χ1v) is 7.42. The summed E-state index contributed by atoms with van der Waals surface area (Å²) >= 11 is 0. The number of hydrogen-bond donors (Lipinski definition) is 0. The summed E-state index contributed by atoms with van der Waals surface area (Å²) < 4.78 is 11.7. The van der Waals surface area contributed by atoms with Gasteiger partial charge in [0.15, 0.2) is 0 Å². The molecule has 0 saturated carbocycles. The molecule has 1 aromatic carbocycles. The SMILES string of the molecule is CN(C)CC1COC(C)(C)CC1OC(=O)c1ccccc1. The standard InChI is InChI=1S/C17H25NO3/c1-17(2)10-15(14(12-20-17)11-18(3)4)21-16(19)13-8-6-5-7-9-13/h5-9,14-15H,10-12H2,1-4H3. The van der Waals surface area contributed by atoms with Crippen LogP contribution in [0.5, 0.6) is 0 Å². The maximum atomic E-state index is 12.3. The number of nitrogens with zero attached hydrogens (tertiary/aromatic N) is 1. The lowest BCUT2D eigenvalue weighted by molar-refractivity contribution is -0.135. The van der Waals surface area contributed by atoms with Crippen LogP contribution in [0.15, 0.2) is 30.3 Å². The van der Waals surface area contributed by atoms with Gasteiger partial charge < -0.3 is 14.4 Å². The maximum absolute atomic E-state index is 12.3. The first kappa shape index (κ1) is 16.0. The molecule has 1 heterocycles. The lowest BCUT2D eigenvalue weighted by atomic mass is 9.88. The Hall–Kier alpha value is -1.39. The third kappa shape index (κ3) is 4.55. The number of benzene rings is 1. The minimum atomic E-state index is -0.248. The number of ether oxygens (including phenoxy) is 2. The van der Waals surface area contributed by atoms with Gasteiger partial charge in [0.25, 0.3) is 0 Å². The predicted octanol–water partition coefficient (Wildman–Crippen LogP) is 2.59. The Morgan fingerprint density at radius 2 is 2.00 bits per heavy atom. The first-order chi connectivity index (χ1) is 9.87. The number of carbonyl (C=O) groups is 1. The Morgan fingerprint density at radius 1 is 1.33 bits per heavy atom. The molecule has 1 saturated heterocycles. The Bertz CT molecular complexity index is 470. The molecule has 0 aliphatic carbocycles. The van der Waals surface area contributed by atoms with Gasteiger partial charge in [0, 0.05) is 18.9 Å². The Balaban J connectivity index is 2.07. The van der Waals surface area contributed by atoms with Crippen LogP contribution in [0.2, 0.25) is 0 Å². The minimum Gasteiger partial charge on any atom is -0.458 e. The summed E-state index contributed by atoms with van der Waals surface area (Å²) in [5, 5.41) is 0. The van der Waals surface area contributed by atoms with Gasteiger partial charge in [0.2, 0.25) is 0 Å². The summed E-state index contributed by atoms with van der Waals surface area (Å²) in [4.78, 5) is 14.4. The molecule has 1 aliphatic heterocycles. The van der Waals surface area contributed by atoms with Crippen molar-refractivity contribution >= 4 is 5.97 Å². The van der Waals surface area contributed by atoms with E-state index in [2.05, 4.69) is 4.90 Å². The predicted molar refractivity (Wildman–Crippen MR) is 82.3 cm³/mol. The van der Waals surface area contributed by atoms with Crippen molar-refractivity contribution in [2.45, 2.75) is 32.0 Å². The van der Waals surface area contributed by atoms with E-state index in [4.69, 9.17) is 9.47 Å². The van der Waals surface area contributed by atoms with Gasteiger partial charge in [0.05, 0.1) is 17.8 Å². The molecule has 4 nitrogen and oxygen atoms in total. The van der Waals surface area contributed by atoms with Gasteiger partial charge >= 0.3 is 5.97 Å². The topological polar surface area (TPSA) is 38.8 Å². The molecule has 2 rings (SSSR count). The zero-order valence-corrected chi connectivity index (χ0v) is 13.3. The largest absolute Gasteiger partial charge is 0.458 e. The Kier molecular flexibility index (Phi) is 5.01. The normalized spacial score (nSPS) is 24.8. The molecule has 1 fully saturated rings. The van der Waals surface area contributed by atoms with Crippen LogP contribution in [-0.2, 0) is 9.47 Å². The molecule has 0 amide bonds. The van der Waals surface area contributed by atoms with Crippen LogP contribution in [0.3, 0.4) is 0 Å². The summed E-state index contributed by atoms with van der Waals surface area (Å²) in [5.74, 6) is -0.0391. The van der Waals surface area contributed by atoms with Gasteiger partial charge in [0.1, 0.15) is 6.10 Å². The summed E-state index contributed by atoms with van der Waals surface area (Å²) in [7, 11) is 4.05. The molecular weight excluding hydrogens is 266 g/mol. The van der Waals surface area contributed by atoms with Crippen molar-refractivity contribution in [3.63, 3.8) is 0 Å². The molecule has 0 spiro atoms. The second-order valence-corrected chi connectivity index (χ2v) is 6.61. The highest BCUT2D eigenvalue weighted by molar-refractivity contribution is 5.89. The summed E-state index contributed by atoms with van der Waals surface area (Å²) in [5.41, 5.74) is 0.357. The van der Waals surface area contributed by atoms with Crippen LogP contribution in [0.1, 0.15) is 30.6 Å². The first-order valence-electron chi connectivity index (χ1n) is 7.42. The van der Waals surface area contributed by atoms with E-state index < -0.39 is 0 Å². The number of rotatable bonds is 4. The fourth-order valence-electron chi connectivity index (χ4n) is 2.71. The van der Waals surface area contributed by atoms with Gasteiger partial charge in [-0.05, 0) is 40.1 Å². The fourth-order valence-corrected chi connectivity index (χ4v) is 2.71. The summed E-state index contributed by atoms with van der Waals surface area (Å²) in [6.45, 7) is 5.56. The molecule has 0 N–H and O–H groups in total. The van der Waals surface area contributed by atoms with Crippen molar-refractivity contribution in [1.29, 1.82) is 0 Å². The highest BCUT2D eigenvalue weighted by Crippen LogP contribution is 2.30. The summed E-state index contributed by atoms with van der Waals surface area (Å²) in [6, 6.07) is 9.16. The third-order valence-corrected chi connectivity index (χ3v) is 3.77. The van der Waals surface area contributed by atoms with Gasteiger partial charge in [-0.1, -0.05) is 18.2 Å². The molecule has 1 aliphatic rings. The average molecular weight is 291 g/mol. The van der Waals surface area contributed by atoms with Crippen molar-refractivity contribution in [3.8, 4) is 0 Å². The third-order valence-electron chi connectivity index (χ3n) is 3.77. The van der Waals surface area contributed by atoms with Crippen molar-refractivity contribution in [1.82, 2.24) is 4.90 Å². The zero-order valence-electron chi connectivity index (χ0n) is 13.3. The number of hydrogen-bond acceptors (Lipinski definition) is 4. The Labute approximate surface area is 127 Å². The number of esters is 1. The van der Waals surface area contributed by atoms with Crippen molar-refractivity contribution in [2.24, 2.45) is 5.92 Å². The zero-order chi connectivity index (χ0) is 15.5. The van der Waals surface area contributed by atoms with E-state index in [0.29, 0.717) is 12.2 Å². The molecular formula is C17H25NO3. The van der Waals surface area contributed by atoms with Crippen molar-refractivity contribution in [2.75, 3.05) is 27.2 Å². The van der Waals surface area contributed by atoms with Gasteiger partial charge in [-0.25, -0.2) is 4.79 Å². The molecule has 0 radical (unpaired) electrons. The molecule has 2 unspecified atom stereocenters. The van der Waals surface area contributed by atoms with Crippen LogP contribution < -0.4 is 0 Å². The van der Waals surface area contributed by atoms with Crippen LogP contribution in [0, 0.1) is 5.92 Å². The van der Waals surface area contributed by atoms with E-state index in [9.17, 15) is 4.79 Å². The molecule has 0 aromatic heterocycles. The van der Waals surface area contributed by atoms with Crippen LogP contribution >= 0.6 is 0 Å². The van der Waals surface area contributed by atoms with Crippen LogP contribution in [-0.4, -0.2) is 49.8 Å². The van der Waals surface area contributed by atoms with Gasteiger partial charge in [-0.15, -0.1) is 0 Å². The van der Waals surface area contributed by atoms with Gasteiger partial charge in [-0.3, -0.25) is 0 Å². The quantitative estimate of drug-likeness (QED) is 0.799. The smallest absolute Gasteiger partial charge is 0.338 e. The molecule has 4 heteroatoms. The van der Waals surface area contributed by atoms with E-state index in [0.717, 1.165) is 13.0 Å².